The van der Waals surface area contributed by atoms with E-state index >= 15 is 0 Å². The molecule has 0 saturated heterocycles. The van der Waals surface area contributed by atoms with Crippen molar-refractivity contribution in [2.45, 2.75) is 0 Å². The number of methoxy groups -OCH3 is 1. The lowest BCUT2D eigenvalue weighted by Crippen LogP contribution is -2.02. The zero-order valence-corrected chi connectivity index (χ0v) is 13.6. The van der Waals surface area contributed by atoms with Crippen LogP contribution in [0.2, 0.25) is 0 Å². The van der Waals surface area contributed by atoms with Crippen LogP contribution in [0.15, 0.2) is 48.5 Å². The summed E-state index contributed by atoms with van der Waals surface area (Å²) in [6.07, 6.45) is 0. The minimum atomic E-state index is -0.410. The predicted octanol–water partition coefficient (Wildman–Crippen LogP) is 3.85. The van der Waals surface area contributed by atoms with Gasteiger partial charge in [0, 0.05) is 5.56 Å². The third-order valence-electron chi connectivity index (χ3n) is 3.31. The van der Waals surface area contributed by atoms with Gasteiger partial charge in [-0.3, -0.25) is 4.79 Å². The maximum absolute atomic E-state index is 13.7. The summed E-state index contributed by atoms with van der Waals surface area (Å²) in [7, 11) is 1.53. The predicted molar refractivity (Wildman–Crippen MR) is 92.6 cm³/mol. The third kappa shape index (κ3) is 3.21. The summed E-state index contributed by atoms with van der Waals surface area (Å²) in [5.41, 5.74) is 6.57. The van der Waals surface area contributed by atoms with Crippen LogP contribution in [-0.4, -0.2) is 17.9 Å². The minimum absolute atomic E-state index is 0.103. The highest BCUT2D eigenvalue weighted by molar-refractivity contribution is 7.18. The van der Waals surface area contributed by atoms with Crippen LogP contribution in [-0.2, 0) is 0 Å². The molecule has 0 unspecified atom stereocenters. The summed E-state index contributed by atoms with van der Waals surface area (Å²) in [5.74, 6) is 0.0118. The Morgan fingerprint density at radius 2 is 2.04 bits per heavy atom. The van der Waals surface area contributed by atoms with Crippen molar-refractivity contribution in [1.29, 1.82) is 0 Å². The summed E-state index contributed by atoms with van der Waals surface area (Å²) in [6, 6.07) is 13.0. The smallest absolute Gasteiger partial charge is 0.206 e. The number of ketones is 1. The molecular formula is C17H14FN3O2S. The molecule has 0 aliphatic rings. The number of carbonyl (C=O) groups excluding carboxylic acids is 1. The number of rotatable bonds is 5. The second-order valence-corrected chi connectivity index (χ2v) is 5.90. The molecule has 24 heavy (non-hydrogen) atoms. The maximum Gasteiger partial charge on any atom is 0.206 e. The van der Waals surface area contributed by atoms with E-state index in [9.17, 15) is 9.18 Å². The summed E-state index contributed by atoms with van der Waals surface area (Å²) in [6.45, 7) is 0. The Labute approximate surface area is 141 Å². The zero-order valence-electron chi connectivity index (χ0n) is 12.7. The van der Waals surface area contributed by atoms with Gasteiger partial charge in [-0.2, -0.15) is 0 Å². The normalized spacial score (nSPS) is 10.4. The highest BCUT2D eigenvalue weighted by Gasteiger charge is 2.19. The lowest BCUT2D eigenvalue weighted by atomic mass is 10.1. The Bertz CT molecular complexity index is 895. The third-order valence-corrected chi connectivity index (χ3v) is 4.29. The molecule has 1 heterocycles. The van der Waals surface area contributed by atoms with Crippen molar-refractivity contribution >= 4 is 33.8 Å². The Balaban J connectivity index is 1.88. The van der Waals surface area contributed by atoms with Gasteiger partial charge in [-0.1, -0.05) is 35.6 Å². The molecule has 1 aromatic heterocycles. The fraction of sp³-hybridized carbons (Fsp3) is 0.0588. The minimum Gasteiger partial charge on any atom is -0.497 e. The van der Waals surface area contributed by atoms with Crippen molar-refractivity contribution in [1.82, 2.24) is 4.98 Å². The van der Waals surface area contributed by atoms with Gasteiger partial charge in [-0.15, -0.1) is 0 Å². The first-order chi connectivity index (χ1) is 11.6. The van der Waals surface area contributed by atoms with E-state index in [1.807, 2.05) is 0 Å². The van der Waals surface area contributed by atoms with Crippen LogP contribution in [0.3, 0.4) is 0 Å². The molecule has 5 nitrogen and oxygen atoms in total. The van der Waals surface area contributed by atoms with E-state index in [1.165, 1.54) is 13.2 Å². The number of thiazole rings is 1. The first-order valence-corrected chi connectivity index (χ1v) is 7.86. The molecule has 7 heteroatoms. The van der Waals surface area contributed by atoms with Gasteiger partial charge in [0.1, 0.15) is 22.3 Å². The average molecular weight is 343 g/mol. The van der Waals surface area contributed by atoms with Gasteiger partial charge in [0.25, 0.3) is 0 Å². The zero-order chi connectivity index (χ0) is 17.1. The quantitative estimate of drug-likeness (QED) is 0.688. The van der Waals surface area contributed by atoms with Crippen molar-refractivity contribution < 1.29 is 13.9 Å². The van der Waals surface area contributed by atoms with E-state index < -0.39 is 5.82 Å². The Morgan fingerprint density at radius 3 is 2.79 bits per heavy atom. The highest BCUT2D eigenvalue weighted by Crippen LogP contribution is 2.30. The number of nitrogens with two attached hydrogens (primary N) is 1. The molecule has 0 radical (unpaired) electrons. The average Bonchev–Trinajstić information content (AvgIpc) is 2.96. The number of para-hydroxylation sites is 1. The van der Waals surface area contributed by atoms with Gasteiger partial charge < -0.3 is 15.8 Å². The second-order valence-electron chi connectivity index (χ2n) is 4.90. The van der Waals surface area contributed by atoms with Crippen LogP contribution in [0.5, 0.6) is 5.75 Å². The molecule has 0 bridgehead atoms. The van der Waals surface area contributed by atoms with Crippen LogP contribution in [0, 0.1) is 5.82 Å². The Kier molecular flexibility index (Phi) is 4.43. The number of nitrogen functional groups attached to an aromatic ring is 1. The molecule has 3 rings (SSSR count). The number of hydrogen-bond acceptors (Lipinski definition) is 6. The molecule has 0 aliphatic heterocycles. The molecule has 0 fully saturated rings. The van der Waals surface area contributed by atoms with Crippen molar-refractivity contribution in [2.75, 3.05) is 18.2 Å². The number of nitrogens with zero attached hydrogens (tertiary/aromatic N) is 1. The van der Waals surface area contributed by atoms with E-state index in [1.54, 1.807) is 42.5 Å². The van der Waals surface area contributed by atoms with E-state index in [0.717, 1.165) is 11.3 Å². The Hall–Kier alpha value is -2.93. The number of hydrogen-bond donors (Lipinski definition) is 2. The molecule has 0 spiro atoms. The molecule has 0 aliphatic carbocycles. The molecule has 0 atom stereocenters. The lowest BCUT2D eigenvalue weighted by molar-refractivity contribution is 0.104. The molecule has 0 saturated carbocycles. The van der Waals surface area contributed by atoms with Crippen molar-refractivity contribution in [3.8, 4) is 5.75 Å². The van der Waals surface area contributed by atoms with Crippen molar-refractivity contribution in [3.63, 3.8) is 0 Å². The van der Waals surface area contributed by atoms with E-state index in [-0.39, 0.29) is 17.3 Å². The lowest BCUT2D eigenvalue weighted by Gasteiger charge is -2.03. The van der Waals surface area contributed by atoms with Crippen molar-refractivity contribution in [3.05, 3.63) is 64.8 Å². The van der Waals surface area contributed by atoms with Crippen LogP contribution >= 0.6 is 11.3 Å². The monoisotopic (exact) mass is 343 g/mol. The highest BCUT2D eigenvalue weighted by atomic mass is 32.1. The molecule has 0 amide bonds. The second kappa shape index (κ2) is 6.67. The number of ether oxygens (including phenoxy) is 1. The maximum atomic E-state index is 13.7. The van der Waals surface area contributed by atoms with Crippen LogP contribution in [0.25, 0.3) is 0 Å². The number of carbonyl (C=O) groups is 1. The fourth-order valence-corrected chi connectivity index (χ4v) is 2.98. The van der Waals surface area contributed by atoms with Gasteiger partial charge in [-0.05, 0) is 24.3 Å². The summed E-state index contributed by atoms with van der Waals surface area (Å²) < 4.78 is 18.8. The first kappa shape index (κ1) is 15.9. The van der Waals surface area contributed by atoms with E-state index in [2.05, 4.69) is 10.3 Å². The van der Waals surface area contributed by atoms with E-state index in [0.29, 0.717) is 21.3 Å². The van der Waals surface area contributed by atoms with Gasteiger partial charge in [0.2, 0.25) is 5.78 Å². The number of aromatic nitrogens is 1. The summed E-state index contributed by atoms with van der Waals surface area (Å²) in [5, 5.41) is 3.19. The topological polar surface area (TPSA) is 77.2 Å². The summed E-state index contributed by atoms with van der Waals surface area (Å²) >= 11 is 1.08. The van der Waals surface area contributed by atoms with Gasteiger partial charge >= 0.3 is 0 Å². The fourth-order valence-electron chi connectivity index (χ4n) is 2.12. The van der Waals surface area contributed by atoms with Gasteiger partial charge in [-0.25, -0.2) is 9.37 Å². The first-order valence-electron chi connectivity index (χ1n) is 7.05. The molecule has 2 aromatic carbocycles. The van der Waals surface area contributed by atoms with E-state index in [4.69, 9.17) is 10.5 Å². The summed E-state index contributed by atoms with van der Waals surface area (Å²) in [4.78, 5) is 17.0. The molecule has 122 valence electrons. The Morgan fingerprint density at radius 1 is 1.25 bits per heavy atom. The number of halogens is 1. The van der Waals surface area contributed by atoms with Crippen molar-refractivity contribution in [2.24, 2.45) is 0 Å². The standard InChI is InChI=1S/C17H14FN3O2S/c1-23-11-6-4-5-10(9-11)14(22)15-16(19)21-17(24-15)20-13-8-3-2-7-12(13)18/h2-9H,19H2,1H3,(H,20,21). The number of anilines is 3. The van der Waals surface area contributed by atoms with Crippen LogP contribution in [0.1, 0.15) is 15.2 Å². The molecule has 3 aromatic rings. The van der Waals surface area contributed by atoms with Gasteiger partial charge in [0.05, 0.1) is 12.8 Å². The van der Waals surface area contributed by atoms with Gasteiger partial charge in [0.15, 0.2) is 5.13 Å². The number of benzene rings is 2. The van der Waals surface area contributed by atoms with Crippen LogP contribution < -0.4 is 15.8 Å². The largest absolute Gasteiger partial charge is 0.497 e. The molecule has 3 N–H and O–H groups in total. The SMILES string of the molecule is COc1cccc(C(=O)c2sc(Nc3ccccc3F)nc2N)c1. The number of nitrogens with one attached hydrogen (secondary N) is 1. The molecular weight excluding hydrogens is 329 g/mol. The van der Waals surface area contributed by atoms with Crippen LogP contribution in [0.4, 0.5) is 21.0 Å².